The molecule has 0 spiro atoms. The van der Waals surface area contributed by atoms with Crippen LogP contribution in [0.4, 0.5) is 0 Å². The van der Waals surface area contributed by atoms with E-state index in [1.165, 1.54) is 120 Å². The maximum Gasteiger partial charge on any atom is 0.105 e. The molecule has 0 amide bonds. The molecule has 2 heteroatoms. The first kappa shape index (κ1) is 30.2. The Labute approximate surface area is 201 Å². The van der Waals surface area contributed by atoms with Crippen LogP contribution in [0.25, 0.3) is 6.08 Å². The number of hydrogen-bond donors (Lipinski definition) is 0. The Morgan fingerprint density at radius 2 is 1.10 bits per heavy atom. The van der Waals surface area contributed by atoms with Crippen LogP contribution in [0.1, 0.15) is 121 Å². The van der Waals surface area contributed by atoms with Crippen LogP contribution in [0.15, 0.2) is 30.8 Å². The Kier molecular flexibility index (Phi) is 19.4. The van der Waals surface area contributed by atoms with E-state index in [2.05, 4.69) is 51.9 Å². The number of halogens is 1. The van der Waals surface area contributed by atoms with E-state index in [0.29, 0.717) is 0 Å². The van der Waals surface area contributed by atoms with Crippen LogP contribution in [0.2, 0.25) is 0 Å². The Balaban J connectivity index is 0.00000900. The van der Waals surface area contributed by atoms with E-state index in [9.17, 15) is 0 Å². The van der Waals surface area contributed by atoms with Crippen LogP contribution in [0.5, 0.6) is 0 Å². The zero-order valence-electron chi connectivity index (χ0n) is 21.1. The first-order chi connectivity index (χ1) is 14.6. The normalized spacial score (nSPS) is 11.3. The van der Waals surface area contributed by atoms with Crippen molar-refractivity contribution in [2.75, 3.05) is 20.6 Å². The third kappa shape index (κ3) is 16.5. The number of unbranched alkanes of at least 4 members (excludes halogenated alkanes) is 15. The second kappa shape index (κ2) is 19.9. The van der Waals surface area contributed by atoms with Crippen molar-refractivity contribution in [1.29, 1.82) is 0 Å². The maximum atomic E-state index is 3.96. The second-order valence-corrected chi connectivity index (χ2v) is 10.0. The standard InChI is InChI=1S/C29H52N.ClH/c1-5-7-8-9-10-11-12-13-14-15-16-17-18-19-20-23-26-30(3,4)27-29-25-22-21-24-28(29)6-2;/h6,21-22,24-25H,2,5,7-20,23,26-27H2,1,3-4H3;1H/q+1;/p-1. The molecule has 0 N–H and O–H groups in total. The molecule has 0 aromatic heterocycles. The fourth-order valence-electron chi connectivity index (χ4n) is 4.51. The van der Waals surface area contributed by atoms with Crippen LogP contribution in [0.3, 0.4) is 0 Å². The van der Waals surface area contributed by atoms with Crippen molar-refractivity contribution in [3.05, 3.63) is 42.0 Å². The highest BCUT2D eigenvalue weighted by atomic mass is 35.5. The van der Waals surface area contributed by atoms with Crippen molar-refractivity contribution in [2.24, 2.45) is 0 Å². The van der Waals surface area contributed by atoms with Gasteiger partial charge in [0.1, 0.15) is 6.54 Å². The minimum atomic E-state index is 0. The molecule has 0 aliphatic carbocycles. The molecule has 180 valence electrons. The van der Waals surface area contributed by atoms with Gasteiger partial charge in [0.2, 0.25) is 0 Å². The van der Waals surface area contributed by atoms with Crippen LogP contribution in [0, 0.1) is 0 Å². The maximum absolute atomic E-state index is 3.96. The highest BCUT2D eigenvalue weighted by Crippen LogP contribution is 2.18. The van der Waals surface area contributed by atoms with Gasteiger partial charge in [-0.25, -0.2) is 0 Å². The molecule has 0 heterocycles. The van der Waals surface area contributed by atoms with Gasteiger partial charge in [0.05, 0.1) is 20.6 Å². The van der Waals surface area contributed by atoms with Gasteiger partial charge in [-0.2, -0.15) is 0 Å². The molecule has 31 heavy (non-hydrogen) atoms. The van der Waals surface area contributed by atoms with Gasteiger partial charge in [0, 0.05) is 5.56 Å². The van der Waals surface area contributed by atoms with Crippen molar-refractivity contribution >= 4 is 6.08 Å². The molecule has 0 saturated carbocycles. The number of quaternary nitrogens is 1. The second-order valence-electron chi connectivity index (χ2n) is 10.0. The van der Waals surface area contributed by atoms with E-state index in [1.807, 2.05) is 6.08 Å². The number of nitrogens with zero attached hydrogens (tertiary/aromatic N) is 1. The zero-order valence-corrected chi connectivity index (χ0v) is 21.9. The van der Waals surface area contributed by atoms with Gasteiger partial charge in [-0.1, -0.05) is 134 Å². The van der Waals surface area contributed by atoms with Crippen LogP contribution < -0.4 is 12.4 Å². The molecular formula is C29H52ClN. The van der Waals surface area contributed by atoms with Crippen molar-refractivity contribution in [2.45, 2.75) is 116 Å². The lowest BCUT2D eigenvalue weighted by Crippen LogP contribution is -3.00. The molecule has 1 rings (SSSR count). The van der Waals surface area contributed by atoms with Gasteiger partial charge in [-0.15, -0.1) is 0 Å². The highest BCUT2D eigenvalue weighted by Gasteiger charge is 2.16. The summed E-state index contributed by atoms with van der Waals surface area (Å²) in [5.74, 6) is 0. The molecule has 0 aliphatic heterocycles. The molecule has 1 aromatic rings. The minimum absolute atomic E-state index is 0. The first-order valence-electron chi connectivity index (χ1n) is 13.1. The van der Waals surface area contributed by atoms with Crippen molar-refractivity contribution < 1.29 is 16.9 Å². The molecule has 1 nitrogen and oxygen atoms in total. The van der Waals surface area contributed by atoms with Crippen molar-refractivity contribution in [3.8, 4) is 0 Å². The summed E-state index contributed by atoms with van der Waals surface area (Å²) < 4.78 is 1.07. The first-order valence-corrected chi connectivity index (χ1v) is 13.1. The monoisotopic (exact) mass is 449 g/mol. The van der Waals surface area contributed by atoms with E-state index in [1.54, 1.807) is 0 Å². The van der Waals surface area contributed by atoms with E-state index in [0.717, 1.165) is 11.0 Å². The Bertz CT molecular complexity index is 537. The summed E-state index contributed by atoms with van der Waals surface area (Å²) in [5.41, 5.74) is 2.71. The van der Waals surface area contributed by atoms with Crippen molar-refractivity contribution in [3.63, 3.8) is 0 Å². The molecule has 0 aliphatic rings. The fraction of sp³-hybridized carbons (Fsp3) is 0.724. The Hall–Kier alpha value is -0.790. The molecule has 0 saturated heterocycles. The Morgan fingerprint density at radius 1 is 0.677 bits per heavy atom. The average molecular weight is 450 g/mol. The number of benzene rings is 1. The summed E-state index contributed by atoms with van der Waals surface area (Å²) in [6, 6.07) is 8.69. The molecule has 0 radical (unpaired) electrons. The summed E-state index contributed by atoms with van der Waals surface area (Å²) in [6.45, 7) is 8.63. The van der Waals surface area contributed by atoms with Crippen LogP contribution in [-0.4, -0.2) is 25.1 Å². The smallest absolute Gasteiger partial charge is 0.105 e. The summed E-state index contributed by atoms with van der Waals surface area (Å²) in [7, 11) is 4.73. The van der Waals surface area contributed by atoms with Gasteiger partial charge in [0.15, 0.2) is 0 Å². The van der Waals surface area contributed by atoms with Gasteiger partial charge in [-0.05, 0) is 18.4 Å². The third-order valence-corrected chi connectivity index (χ3v) is 6.49. The number of rotatable bonds is 20. The number of hydrogen-bond acceptors (Lipinski definition) is 0. The largest absolute Gasteiger partial charge is 1.00 e. The topological polar surface area (TPSA) is 0 Å². The summed E-state index contributed by atoms with van der Waals surface area (Å²) in [5, 5.41) is 0. The quantitative estimate of drug-likeness (QED) is 0.165. The summed E-state index contributed by atoms with van der Waals surface area (Å²) in [4.78, 5) is 0. The Morgan fingerprint density at radius 3 is 1.55 bits per heavy atom. The van der Waals surface area contributed by atoms with Crippen LogP contribution in [-0.2, 0) is 6.54 Å². The lowest BCUT2D eigenvalue weighted by molar-refractivity contribution is -0.903. The zero-order chi connectivity index (χ0) is 21.9. The molecule has 0 fully saturated rings. The highest BCUT2D eigenvalue weighted by molar-refractivity contribution is 5.51. The third-order valence-electron chi connectivity index (χ3n) is 6.49. The predicted molar refractivity (Wildman–Crippen MR) is 137 cm³/mol. The van der Waals surface area contributed by atoms with Gasteiger partial charge < -0.3 is 16.9 Å². The molecule has 0 atom stereocenters. The SMILES string of the molecule is C=Cc1ccccc1C[N+](C)(C)CCCCCCCCCCCCCCCCCC.[Cl-]. The molecule has 0 bridgehead atoms. The summed E-state index contributed by atoms with van der Waals surface area (Å²) in [6.07, 6.45) is 25.0. The average Bonchev–Trinajstić information content (AvgIpc) is 2.73. The lowest BCUT2D eigenvalue weighted by atomic mass is 10.0. The van der Waals surface area contributed by atoms with E-state index < -0.39 is 0 Å². The fourth-order valence-corrected chi connectivity index (χ4v) is 4.51. The molecule has 1 aromatic carbocycles. The molecular weight excluding hydrogens is 398 g/mol. The van der Waals surface area contributed by atoms with Crippen molar-refractivity contribution in [1.82, 2.24) is 0 Å². The van der Waals surface area contributed by atoms with Gasteiger partial charge in [-0.3, -0.25) is 0 Å². The van der Waals surface area contributed by atoms with E-state index in [-0.39, 0.29) is 12.4 Å². The van der Waals surface area contributed by atoms with E-state index in [4.69, 9.17) is 0 Å². The van der Waals surface area contributed by atoms with E-state index >= 15 is 0 Å². The lowest BCUT2D eigenvalue weighted by Gasteiger charge is -2.30. The molecule has 0 unspecified atom stereocenters. The van der Waals surface area contributed by atoms with Gasteiger partial charge >= 0.3 is 0 Å². The van der Waals surface area contributed by atoms with Gasteiger partial charge in [0.25, 0.3) is 0 Å². The van der Waals surface area contributed by atoms with Crippen LogP contribution >= 0.6 is 0 Å². The summed E-state index contributed by atoms with van der Waals surface area (Å²) >= 11 is 0. The predicted octanol–water partition coefficient (Wildman–Crippen LogP) is 6.17. The minimum Gasteiger partial charge on any atom is -1.00 e.